The highest BCUT2D eigenvalue weighted by Crippen LogP contribution is 2.31. The van der Waals surface area contributed by atoms with Crippen molar-refractivity contribution in [2.24, 2.45) is 0 Å². The summed E-state index contributed by atoms with van der Waals surface area (Å²) in [7, 11) is 0. The summed E-state index contributed by atoms with van der Waals surface area (Å²) in [4.78, 5) is 19.9. The van der Waals surface area contributed by atoms with Crippen LogP contribution in [-0.2, 0) is 0 Å². The molecule has 0 fully saturated rings. The average Bonchev–Trinajstić information content (AvgIpc) is 3.13. The Kier molecular flexibility index (Phi) is 4.71. The van der Waals surface area contributed by atoms with Gasteiger partial charge in [0.2, 0.25) is 0 Å². The molecule has 27 heavy (non-hydrogen) atoms. The van der Waals surface area contributed by atoms with Crippen molar-refractivity contribution in [3.8, 4) is 0 Å². The number of pyridine rings is 1. The number of hydrogen-bond acceptors (Lipinski definition) is 2. The van der Waals surface area contributed by atoms with Gasteiger partial charge in [0.25, 0.3) is 5.91 Å². The zero-order valence-electron chi connectivity index (χ0n) is 15.1. The number of nitrogens with one attached hydrogen (secondary N) is 2. The second-order valence-electron chi connectivity index (χ2n) is 6.70. The Balaban J connectivity index is 1.67. The third kappa shape index (κ3) is 3.60. The van der Waals surface area contributed by atoms with Crippen molar-refractivity contribution in [1.29, 1.82) is 0 Å². The number of aromatic nitrogens is 2. The molecule has 4 rings (SSSR count). The van der Waals surface area contributed by atoms with Crippen molar-refractivity contribution in [2.45, 2.75) is 12.8 Å². The van der Waals surface area contributed by atoms with Crippen molar-refractivity contribution in [3.05, 3.63) is 102 Å². The van der Waals surface area contributed by atoms with Crippen LogP contribution in [0.15, 0.2) is 79.3 Å². The normalized spacial score (nSPS) is 12.0. The van der Waals surface area contributed by atoms with Gasteiger partial charge in [0.15, 0.2) is 0 Å². The Hall–Kier alpha value is -3.40. The van der Waals surface area contributed by atoms with Gasteiger partial charge in [0.05, 0.1) is 0 Å². The standard InChI is InChI=1S/C23H21N3O/c1-16-5-4-6-18(13-16)20(14-26-23(27)17-9-11-24-12-10-17)21-15-25-22-8-3-2-7-19(21)22/h2-13,15,20,25H,14H2,1H3,(H,26,27). The van der Waals surface area contributed by atoms with Crippen LogP contribution in [0.25, 0.3) is 10.9 Å². The Morgan fingerprint density at radius 1 is 1.07 bits per heavy atom. The van der Waals surface area contributed by atoms with Gasteiger partial charge in [-0.1, -0.05) is 48.0 Å². The van der Waals surface area contributed by atoms with E-state index in [0.717, 1.165) is 5.52 Å². The number of benzene rings is 2. The Morgan fingerprint density at radius 2 is 1.89 bits per heavy atom. The topological polar surface area (TPSA) is 57.8 Å². The molecule has 1 atom stereocenters. The lowest BCUT2D eigenvalue weighted by atomic mass is 9.90. The van der Waals surface area contributed by atoms with E-state index in [4.69, 9.17) is 0 Å². The van der Waals surface area contributed by atoms with E-state index in [2.05, 4.69) is 64.8 Å². The maximum atomic E-state index is 12.5. The summed E-state index contributed by atoms with van der Waals surface area (Å²) < 4.78 is 0. The second-order valence-corrected chi connectivity index (χ2v) is 6.70. The van der Waals surface area contributed by atoms with Crippen molar-refractivity contribution in [1.82, 2.24) is 15.3 Å². The predicted molar refractivity (Wildman–Crippen MR) is 108 cm³/mol. The number of aromatic amines is 1. The van der Waals surface area contributed by atoms with Gasteiger partial charge in [-0.05, 0) is 36.2 Å². The molecule has 0 radical (unpaired) electrons. The summed E-state index contributed by atoms with van der Waals surface area (Å²) in [5, 5.41) is 4.27. The molecule has 0 aliphatic heterocycles. The lowest BCUT2D eigenvalue weighted by Gasteiger charge is -2.19. The van der Waals surface area contributed by atoms with Gasteiger partial charge >= 0.3 is 0 Å². The highest BCUT2D eigenvalue weighted by Gasteiger charge is 2.19. The van der Waals surface area contributed by atoms with Crippen LogP contribution in [0.5, 0.6) is 0 Å². The average molecular weight is 355 g/mol. The summed E-state index contributed by atoms with van der Waals surface area (Å²) in [6.45, 7) is 2.61. The largest absolute Gasteiger partial charge is 0.361 e. The van der Waals surface area contributed by atoms with E-state index in [1.165, 1.54) is 22.1 Å². The number of amides is 1. The molecule has 1 unspecified atom stereocenters. The van der Waals surface area contributed by atoms with Crippen molar-refractivity contribution in [2.75, 3.05) is 6.54 Å². The molecule has 1 amide bonds. The lowest BCUT2D eigenvalue weighted by Crippen LogP contribution is -2.28. The maximum absolute atomic E-state index is 12.5. The van der Waals surface area contributed by atoms with Gasteiger partial charge in [-0.2, -0.15) is 0 Å². The molecule has 4 nitrogen and oxygen atoms in total. The van der Waals surface area contributed by atoms with Crippen molar-refractivity contribution < 1.29 is 4.79 Å². The van der Waals surface area contributed by atoms with E-state index in [0.29, 0.717) is 12.1 Å². The zero-order valence-corrected chi connectivity index (χ0v) is 15.1. The Morgan fingerprint density at radius 3 is 2.70 bits per heavy atom. The Bertz CT molecular complexity index is 1070. The number of hydrogen-bond donors (Lipinski definition) is 2. The number of para-hydroxylation sites is 1. The molecule has 0 saturated heterocycles. The van der Waals surface area contributed by atoms with Crippen LogP contribution in [0.4, 0.5) is 0 Å². The lowest BCUT2D eigenvalue weighted by molar-refractivity contribution is 0.0952. The van der Waals surface area contributed by atoms with E-state index in [9.17, 15) is 4.79 Å². The SMILES string of the molecule is Cc1cccc(C(CNC(=O)c2ccncc2)c2c[nH]c3ccccc23)c1. The maximum Gasteiger partial charge on any atom is 0.251 e. The molecular formula is C23H21N3O. The van der Waals surface area contributed by atoms with E-state index in [1.807, 2.05) is 12.1 Å². The fraction of sp³-hybridized carbons (Fsp3) is 0.130. The minimum atomic E-state index is -0.0881. The predicted octanol–water partition coefficient (Wildman–Crippen LogP) is 4.43. The number of nitrogens with zero attached hydrogens (tertiary/aromatic N) is 1. The highest BCUT2D eigenvalue weighted by atomic mass is 16.1. The molecule has 2 aromatic carbocycles. The van der Waals surface area contributed by atoms with Crippen LogP contribution in [0.1, 0.15) is 33.0 Å². The minimum absolute atomic E-state index is 0.0619. The molecule has 2 heterocycles. The van der Waals surface area contributed by atoms with Gasteiger partial charge < -0.3 is 10.3 Å². The summed E-state index contributed by atoms with van der Waals surface area (Å²) in [5.74, 6) is -0.0262. The van der Waals surface area contributed by atoms with Gasteiger partial charge in [0.1, 0.15) is 0 Å². The first kappa shape index (κ1) is 17.0. The first-order valence-electron chi connectivity index (χ1n) is 9.03. The first-order valence-corrected chi connectivity index (χ1v) is 9.03. The third-order valence-electron chi connectivity index (χ3n) is 4.85. The van der Waals surface area contributed by atoms with Crippen LogP contribution >= 0.6 is 0 Å². The van der Waals surface area contributed by atoms with Gasteiger partial charge in [-0.3, -0.25) is 9.78 Å². The van der Waals surface area contributed by atoms with Gasteiger partial charge in [-0.25, -0.2) is 0 Å². The summed E-state index contributed by atoms with van der Waals surface area (Å²) in [5.41, 5.74) is 5.30. The van der Waals surface area contributed by atoms with Gasteiger partial charge in [-0.15, -0.1) is 0 Å². The van der Waals surface area contributed by atoms with E-state index >= 15 is 0 Å². The molecule has 0 aliphatic rings. The second kappa shape index (κ2) is 7.46. The minimum Gasteiger partial charge on any atom is -0.361 e. The molecule has 4 heteroatoms. The fourth-order valence-corrected chi connectivity index (χ4v) is 3.48. The monoisotopic (exact) mass is 355 g/mol. The third-order valence-corrected chi connectivity index (χ3v) is 4.85. The highest BCUT2D eigenvalue weighted by molar-refractivity contribution is 5.94. The van der Waals surface area contributed by atoms with Crippen LogP contribution in [-0.4, -0.2) is 22.4 Å². The van der Waals surface area contributed by atoms with Crippen LogP contribution < -0.4 is 5.32 Å². The summed E-state index contributed by atoms with van der Waals surface area (Å²) >= 11 is 0. The van der Waals surface area contributed by atoms with E-state index < -0.39 is 0 Å². The van der Waals surface area contributed by atoms with Crippen LogP contribution in [0.3, 0.4) is 0 Å². The van der Waals surface area contributed by atoms with Crippen LogP contribution in [0, 0.1) is 6.92 Å². The first-order chi connectivity index (χ1) is 13.2. The Labute approximate surface area is 158 Å². The number of carbonyl (C=O) groups excluding carboxylic acids is 1. The zero-order chi connectivity index (χ0) is 18.6. The summed E-state index contributed by atoms with van der Waals surface area (Å²) in [6.07, 6.45) is 5.31. The molecule has 2 aromatic heterocycles. The number of fused-ring (bicyclic) bond motifs is 1. The number of H-pyrrole nitrogens is 1. The molecule has 0 aliphatic carbocycles. The molecule has 2 N–H and O–H groups in total. The molecule has 134 valence electrons. The number of aryl methyl sites for hydroxylation is 1. The van der Waals surface area contributed by atoms with Gasteiger partial charge in [0, 0.05) is 47.5 Å². The van der Waals surface area contributed by atoms with Crippen LogP contribution in [0.2, 0.25) is 0 Å². The molecule has 0 saturated carbocycles. The fourth-order valence-electron chi connectivity index (χ4n) is 3.48. The molecule has 4 aromatic rings. The molecular weight excluding hydrogens is 334 g/mol. The number of carbonyl (C=O) groups is 1. The van der Waals surface area contributed by atoms with E-state index in [-0.39, 0.29) is 11.8 Å². The molecule has 0 spiro atoms. The van der Waals surface area contributed by atoms with Crippen molar-refractivity contribution in [3.63, 3.8) is 0 Å². The number of rotatable bonds is 5. The van der Waals surface area contributed by atoms with Crippen molar-refractivity contribution >= 4 is 16.8 Å². The smallest absolute Gasteiger partial charge is 0.251 e. The summed E-state index contributed by atoms with van der Waals surface area (Å²) in [6, 6.07) is 20.2. The molecule has 0 bridgehead atoms. The quantitative estimate of drug-likeness (QED) is 0.556. The van der Waals surface area contributed by atoms with E-state index in [1.54, 1.807) is 24.5 Å².